The van der Waals surface area contributed by atoms with E-state index in [0.717, 1.165) is 18.8 Å². The summed E-state index contributed by atoms with van der Waals surface area (Å²) in [6.07, 6.45) is 0. The molecule has 1 fully saturated rings. The minimum atomic E-state index is 0.327. The SMILES string of the molecule is Cc1ccc(Nc2nc(NN)nc(N3CCOCC3)n2)cc1C. The highest BCUT2D eigenvalue weighted by molar-refractivity contribution is 5.57. The maximum absolute atomic E-state index is 5.48. The first-order valence-electron chi connectivity index (χ1n) is 7.55. The van der Waals surface area contributed by atoms with Gasteiger partial charge in [0.1, 0.15) is 0 Å². The number of hydrogen-bond donors (Lipinski definition) is 3. The van der Waals surface area contributed by atoms with Gasteiger partial charge in [-0.1, -0.05) is 6.07 Å². The molecule has 3 rings (SSSR count). The van der Waals surface area contributed by atoms with E-state index in [1.54, 1.807) is 0 Å². The Labute approximate surface area is 135 Å². The van der Waals surface area contributed by atoms with Crippen molar-refractivity contribution in [1.82, 2.24) is 15.0 Å². The molecule has 0 spiro atoms. The van der Waals surface area contributed by atoms with E-state index < -0.39 is 0 Å². The van der Waals surface area contributed by atoms with Gasteiger partial charge in [0.05, 0.1) is 13.2 Å². The van der Waals surface area contributed by atoms with Crippen molar-refractivity contribution in [2.45, 2.75) is 13.8 Å². The number of nitrogens with zero attached hydrogens (tertiary/aromatic N) is 4. The molecule has 2 aromatic rings. The van der Waals surface area contributed by atoms with Crippen molar-refractivity contribution in [2.75, 3.05) is 41.9 Å². The monoisotopic (exact) mass is 315 g/mol. The van der Waals surface area contributed by atoms with Gasteiger partial charge in [0.15, 0.2) is 0 Å². The van der Waals surface area contributed by atoms with Gasteiger partial charge in [-0.05, 0) is 37.1 Å². The Morgan fingerprint density at radius 1 is 1.04 bits per heavy atom. The predicted molar refractivity (Wildman–Crippen MR) is 89.9 cm³/mol. The lowest BCUT2D eigenvalue weighted by molar-refractivity contribution is 0.122. The lowest BCUT2D eigenvalue weighted by atomic mass is 10.1. The lowest BCUT2D eigenvalue weighted by Crippen LogP contribution is -2.37. The fourth-order valence-electron chi connectivity index (χ4n) is 2.34. The molecule has 23 heavy (non-hydrogen) atoms. The highest BCUT2D eigenvalue weighted by atomic mass is 16.5. The van der Waals surface area contributed by atoms with E-state index in [9.17, 15) is 0 Å². The fraction of sp³-hybridized carbons (Fsp3) is 0.400. The summed E-state index contributed by atoms with van der Waals surface area (Å²) in [5, 5.41) is 3.21. The van der Waals surface area contributed by atoms with Crippen molar-refractivity contribution in [3.05, 3.63) is 29.3 Å². The number of morpholine rings is 1. The van der Waals surface area contributed by atoms with Gasteiger partial charge >= 0.3 is 0 Å². The molecule has 0 aliphatic carbocycles. The van der Waals surface area contributed by atoms with Crippen molar-refractivity contribution >= 4 is 23.5 Å². The standard InChI is InChI=1S/C15H21N7O/c1-10-3-4-12(9-11(10)2)17-13-18-14(21-16)20-15(19-13)22-5-7-23-8-6-22/h3-4,9H,5-8,16H2,1-2H3,(H2,17,18,19,20,21). The first kappa shape index (κ1) is 15.4. The Kier molecular flexibility index (Phi) is 4.54. The number of nitrogens with two attached hydrogens (primary N) is 1. The second kappa shape index (κ2) is 6.76. The quantitative estimate of drug-likeness (QED) is 0.574. The molecule has 1 aliphatic heterocycles. The van der Waals surface area contributed by atoms with E-state index in [1.165, 1.54) is 11.1 Å². The van der Waals surface area contributed by atoms with Crippen molar-refractivity contribution < 1.29 is 4.74 Å². The fourth-order valence-corrected chi connectivity index (χ4v) is 2.34. The second-order valence-electron chi connectivity index (χ2n) is 5.45. The molecule has 0 radical (unpaired) electrons. The molecule has 1 aromatic heterocycles. The molecule has 0 saturated carbocycles. The van der Waals surface area contributed by atoms with E-state index in [1.807, 2.05) is 6.07 Å². The highest BCUT2D eigenvalue weighted by Crippen LogP contribution is 2.20. The van der Waals surface area contributed by atoms with Crippen molar-refractivity contribution in [3.8, 4) is 0 Å². The Hall–Kier alpha value is -2.45. The van der Waals surface area contributed by atoms with Crippen LogP contribution in [0.4, 0.5) is 23.5 Å². The van der Waals surface area contributed by atoms with Gasteiger partial charge < -0.3 is 15.0 Å². The van der Waals surface area contributed by atoms with Gasteiger partial charge in [-0.2, -0.15) is 15.0 Å². The van der Waals surface area contributed by atoms with E-state index >= 15 is 0 Å². The zero-order valence-electron chi connectivity index (χ0n) is 13.3. The summed E-state index contributed by atoms with van der Waals surface area (Å²) in [5.41, 5.74) is 5.86. The molecule has 1 aromatic carbocycles. The number of nitrogen functional groups attached to an aromatic ring is 1. The summed E-state index contributed by atoms with van der Waals surface area (Å²) >= 11 is 0. The number of hydrogen-bond acceptors (Lipinski definition) is 8. The minimum Gasteiger partial charge on any atom is -0.378 e. The average molecular weight is 315 g/mol. The molecule has 0 bridgehead atoms. The molecule has 1 saturated heterocycles. The number of aryl methyl sites for hydroxylation is 2. The third-order valence-electron chi connectivity index (χ3n) is 3.81. The van der Waals surface area contributed by atoms with Gasteiger partial charge in [0, 0.05) is 18.8 Å². The Morgan fingerprint density at radius 2 is 1.78 bits per heavy atom. The number of hydrazine groups is 1. The minimum absolute atomic E-state index is 0.327. The van der Waals surface area contributed by atoms with Gasteiger partial charge in [0.25, 0.3) is 0 Å². The number of nitrogens with one attached hydrogen (secondary N) is 2. The smallest absolute Gasteiger partial charge is 0.243 e. The molecule has 0 atom stereocenters. The highest BCUT2D eigenvalue weighted by Gasteiger charge is 2.16. The molecule has 1 aliphatic rings. The Morgan fingerprint density at radius 3 is 2.48 bits per heavy atom. The third-order valence-corrected chi connectivity index (χ3v) is 3.81. The van der Waals surface area contributed by atoms with Crippen LogP contribution in [0.15, 0.2) is 18.2 Å². The van der Waals surface area contributed by atoms with Crippen LogP contribution >= 0.6 is 0 Å². The van der Waals surface area contributed by atoms with Gasteiger partial charge in [-0.25, -0.2) is 5.84 Å². The van der Waals surface area contributed by atoms with Gasteiger partial charge in [-0.15, -0.1) is 0 Å². The van der Waals surface area contributed by atoms with E-state index in [0.29, 0.717) is 31.1 Å². The summed E-state index contributed by atoms with van der Waals surface area (Å²) in [4.78, 5) is 15.1. The van der Waals surface area contributed by atoms with Gasteiger partial charge in [0.2, 0.25) is 17.8 Å². The van der Waals surface area contributed by atoms with E-state index in [2.05, 4.69) is 56.6 Å². The lowest BCUT2D eigenvalue weighted by Gasteiger charge is -2.27. The maximum Gasteiger partial charge on any atom is 0.243 e. The second-order valence-corrected chi connectivity index (χ2v) is 5.45. The average Bonchev–Trinajstić information content (AvgIpc) is 2.58. The summed E-state index contributed by atoms with van der Waals surface area (Å²) in [5.74, 6) is 6.85. The van der Waals surface area contributed by atoms with Crippen molar-refractivity contribution in [3.63, 3.8) is 0 Å². The third kappa shape index (κ3) is 3.66. The molecule has 2 heterocycles. The topological polar surface area (TPSA) is 101 Å². The molecule has 8 heteroatoms. The van der Waals surface area contributed by atoms with Crippen LogP contribution in [0, 0.1) is 13.8 Å². The number of anilines is 4. The normalized spacial score (nSPS) is 14.7. The number of benzene rings is 1. The predicted octanol–water partition coefficient (Wildman–Crippen LogP) is 1.35. The summed E-state index contributed by atoms with van der Waals surface area (Å²) < 4.78 is 5.36. The van der Waals surface area contributed by atoms with Crippen LogP contribution in [-0.2, 0) is 4.74 Å². The van der Waals surface area contributed by atoms with Crippen LogP contribution in [0.2, 0.25) is 0 Å². The Balaban J connectivity index is 1.86. The van der Waals surface area contributed by atoms with Crippen LogP contribution < -0.4 is 21.5 Å². The molecule has 0 amide bonds. The van der Waals surface area contributed by atoms with Crippen LogP contribution in [0.3, 0.4) is 0 Å². The van der Waals surface area contributed by atoms with Crippen LogP contribution in [-0.4, -0.2) is 41.3 Å². The van der Waals surface area contributed by atoms with Crippen LogP contribution in [0.5, 0.6) is 0 Å². The molecule has 0 unspecified atom stereocenters. The molecule has 8 nitrogen and oxygen atoms in total. The van der Waals surface area contributed by atoms with Crippen LogP contribution in [0.1, 0.15) is 11.1 Å². The number of ether oxygens (including phenoxy) is 1. The van der Waals surface area contributed by atoms with Crippen molar-refractivity contribution in [1.29, 1.82) is 0 Å². The van der Waals surface area contributed by atoms with Crippen molar-refractivity contribution in [2.24, 2.45) is 5.84 Å². The summed E-state index contributed by atoms with van der Waals surface area (Å²) in [7, 11) is 0. The maximum atomic E-state index is 5.48. The zero-order chi connectivity index (χ0) is 16.2. The zero-order valence-corrected chi connectivity index (χ0v) is 13.3. The van der Waals surface area contributed by atoms with Crippen LogP contribution in [0.25, 0.3) is 0 Å². The first-order chi connectivity index (χ1) is 11.2. The summed E-state index contributed by atoms with van der Waals surface area (Å²) in [6.45, 7) is 6.97. The van der Waals surface area contributed by atoms with E-state index in [4.69, 9.17) is 10.6 Å². The van der Waals surface area contributed by atoms with E-state index in [-0.39, 0.29) is 0 Å². The van der Waals surface area contributed by atoms with Gasteiger partial charge in [-0.3, -0.25) is 5.43 Å². The molecular formula is C15H21N7O. The molecular weight excluding hydrogens is 294 g/mol. The largest absolute Gasteiger partial charge is 0.378 e. The first-order valence-corrected chi connectivity index (χ1v) is 7.55. The Bertz CT molecular complexity index is 686. The molecule has 122 valence electrons. The summed E-state index contributed by atoms with van der Waals surface area (Å²) in [6, 6.07) is 6.11. The molecule has 4 N–H and O–H groups in total. The number of rotatable bonds is 4. The number of aromatic nitrogens is 3.